The van der Waals surface area contributed by atoms with Crippen LogP contribution < -0.4 is 10.6 Å². The fourth-order valence-corrected chi connectivity index (χ4v) is 2.46. The molecule has 1 aliphatic heterocycles. The highest BCUT2D eigenvalue weighted by atomic mass is 16.5. The molecule has 0 aliphatic carbocycles. The van der Waals surface area contributed by atoms with Gasteiger partial charge in [0.05, 0.1) is 12.7 Å². The first-order chi connectivity index (χ1) is 11.4. The molecular formula is C18H29N3O2. The van der Waals surface area contributed by atoms with Crippen LogP contribution in [0.25, 0.3) is 0 Å². The minimum absolute atomic E-state index is 0.288. The maximum atomic E-state index is 5.75. The number of hydrogen-bond acceptors (Lipinski definition) is 3. The first-order valence-corrected chi connectivity index (χ1v) is 8.64. The summed E-state index contributed by atoms with van der Waals surface area (Å²) in [5.74, 6) is 0.882. The molecule has 1 aromatic carbocycles. The second-order valence-corrected chi connectivity index (χ2v) is 5.63. The average Bonchev–Trinajstić information content (AvgIpc) is 3.09. The Hall–Kier alpha value is -1.59. The van der Waals surface area contributed by atoms with Crippen LogP contribution in [0.15, 0.2) is 35.3 Å². The van der Waals surface area contributed by atoms with Gasteiger partial charge in [-0.3, -0.25) is 4.99 Å². The minimum atomic E-state index is 0.288. The third kappa shape index (κ3) is 7.48. The summed E-state index contributed by atoms with van der Waals surface area (Å²) in [7, 11) is 0. The van der Waals surface area contributed by atoms with Crippen molar-refractivity contribution in [2.75, 3.05) is 39.5 Å². The van der Waals surface area contributed by atoms with E-state index >= 15 is 0 Å². The average molecular weight is 319 g/mol. The molecule has 5 heteroatoms. The normalized spacial score (nSPS) is 18.1. The van der Waals surface area contributed by atoms with Gasteiger partial charge >= 0.3 is 0 Å². The summed E-state index contributed by atoms with van der Waals surface area (Å²) >= 11 is 0. The highest BCUT2D eigenvalue weighted by Gasteiger charge is 2.15. The number of benzene rings is 1. The van der Waals surface area contributed by atoms with Crippen LogP contribution in [0.1, 0.15) is 25.3 Å². The number of aliphatic imine (C=N–C) groups is 1. The molecule has 0 spiro atoms. The van der Waals surface area contributed by atoms with Crippen LogP contribution in [0.5, 0.6) is 0 Å². The van der Waals surface area contributed by atoms with Gasteiger partial charge in [-0.05, 0) is 31.7 Å². The van der Waals surface area contributed by atoms with Crippen molar-refractivity contribution in [1.29, 1.82) is 0 Å². The molecular weight excluding hydrogens is 290 g/mol. The van der Waals surface area contributed by atoms with E-state index in [9.17, 15) is 0 Å². The molecule has 2 rings (SSSR count). The SMILES string of the molecule is CCNC(=NCCCOC1CCOC1)NCCc1ccccc1. The van der Waals surface area contributed by atoms with Gasteiger partial charge in [0.25, 0.3) is 0 Å². The molecule has 1 fully saturated rings. The fourth-order valence-electron chi connectivity index (χ4n) is 2.46. The second kappa shape index (κ2) is 11.0. The van der Waals surface area contributed by atoms with E-state index in [0.29, 0.717) is 0 Å². The number of guanidine groups is 1. The molecule has 128 valence electrons. The summed E-state index contributed by atoms with van der Waals surface area (Å²) in [6, 6.07) is 10.5. The Morgan fingerprint density at radius 3 is 2.91 bits per heavy atom. The summed E-state index contributed by atoms with van der Waals surface area (Å²) in [6.45, 7) is 6.93. The van der Waals surface area contributed by atoms with Crippen LogP contribution in [-0.4, -0.2) is 51.5 Å². The van der Waals surface area contributed by atoms with Crippen LogP contribution in [0.2, 0.25) is 0 Å². The van der Waals surface area contributed by atoms with Gasteiger partial charge in [-0.2, -0.15) is 0 Å². The van der Waals surface area contributed by atoms with Gasteiger partial charge in [0, 0.05) is 32.8 Å². The van der Waals surface area contributed by atoms with E-state index in [0.717, 1.165) is 64.7 Å². The van der Waals surface area contributed by atoms with Gasteiger partial charge in [0.15, 0.2) is 5.96 Å². The Labute approximate surface area is 139 Å². The minimum Gasteiger partial charge on any atom is -0.379 e. The predicted octanol–water partition coefficient (Wildman–Crippen LogP) is 1.98. The Morgan fingerprint density at radius 2 is 2.17 bits per heavy atom. The first-order valence-electron chi connectivity index (χ1n) is 8.64. The Bertz CT molecular complexity index is 445. The molecule has 1 aliphatic rings. The van der Waals surface area contributed by atoms with E-state index in [-0.39, 0.29) is 6.10 Å². The molecule has 5 nitrogen and oxygen atoms in total. The predicted molar refractivity (Wildman–Crippen MR) is 93.9 cm³/mol. The quantitative estimate of drug-likeness (QED) is 0.415. The molecule has 0 saturated carbocycles. The fraction of sp³-hybridized carbons (Fsp3) is 0.611. The third-order valence-corrected chi connectivity index (χ3v) is 3.71. The van der Waals surface area contributed by atoms with E-state index in [1.165, 1.54) is 5.56 Å². The summed E-state index contributed by atoms with van der Waals surface area (Å²) in [5.41, 5.74) is 1.34. The summed E-state index contributed by atoms with van der Waals surface area (Å²) in [4.78, 5) is 4.59. The Balaban J connectivity index is 1.61. The largest absolute Gasteiger partial charge is 0.379 e. The zero-order valence-corrected chi connectivity index (χ0v) is 14.1. The second-order valence-electron chi connectivity index (χ2n) is 5.63. The molecule has 1 saturated heterocycles. The Kier molecular flexibility index (Phi) is 8.51. The molecule has 1 atom stereocenters. The summed E-state index contributed by atoms with van der Waals surface area (Å²) < 4.78 is 11.0. The summed E-state index contributed by atoms with van der Waals surface area (Å²) in [5, 5.41) is 6.66. The van der Waals surface area contributed by atoms with Crippen molar-refractivity contribution in [3.05, 3.63) is 35.9 Å². The van der Waals surface area contributed by atoms with Crippen LogP contribution >= 0.6 is 0 Å². The van der Waals surface area contributed by atoms with Crippen molar-refractivity contribution >= 4 is 5.96 Å². The van der Waals surface area contributed by atoms with E-state index < -0.39 is 0 Å². The van der Waals surface area contributed by atoms with Crippen molar-refractivity contribution in [2.45, 2.75) is 32.3 Å². The molecule has 0 amide bonds. The van der Waals surface area contributed by atoms with E-state index in [2.05, 4.69) is 46.8 Å². The lowest BCUT2D eigenvalue weighted by Gasteiger charge is -2.12. The molecule has 1 heterocycles. The van der Waals surface area contributed by atoms with Gasteiger partial charge in [0.1, 0.15) is 0 Å². The maximum absolute atomic E-state index is 5.75. The van der Waals surface area contributed by atoms with E-state index in [1.807, 2.05) is 6.07 Å². The lowest BCUT2D eigenvalue weighted by atomic mass is 10.1. The van der Waals surface area contributed by atoms with E-state index in [4.69, 9.17) is 9.47 Å². The van der Waals surface area contributed by atoms with Gasteiger partial charge in [-0.15, -0.1) is 0 Å². The zero-order valence-electron chi connectivity index (χ0n) is 14.1. The number of rotatable bonds is 9. The first kappa shape index (κ1) is 17.8. The van der Waals surface area contributed by atoms with Gasteiger partial charge < -0.3 is 20.1 Å². The molecule has 0 radical (unpaired) electrons. The van der Waals surface area contributed by atoms with Crippen molar-refractivity contribution in [3.63, 3.8) is 0 Å². The molecule has 23 heavy (non-hydrogen) atoms. The zero-order chi connectivity index (χ0) is 16.2. The lowest BCUT2D eigenvalue weighted by molar-refractivity contribution is 0.0424. The molecule has 1 unspecified atom stereocenters. The van der Waals surface area contributed by atoms with Crippen molar-refractivity contribution in [1.82, 2.24) is 10.6 Å². The highest BCUT2D eigenvalue weighted by molar-refractivity contribution is 5.79. The van der Waals surface area contributed by atoms with E-state index in [1.54, 1.807) is 0 Å². The lowest BCUT2D eigenvalue weighted by Crippen LogP contribution is -2.38. The topological polar surface area (TPSA) is 54.9 Å². The van der Waals surface area contributed by atoms with Gasteiger partial charge in [0.2, 0.25) is 0 Å². The van der Waals surface area contributed by atoms with Gasteiger partial charge in [-0.25, -0.2) is 0 Å². The smallest absolute Gasteiger partial charge is 0.191 e. The van der Waals surface area contributed by atoms with Crippen LogP contribution in [0, 0.1) is 0 Å². The van der Waals surface area contributed by atoms with Crippen LogP contribution in [0.3, 0.4) is 0 Å². The molecule has 0 aromatic heterocycles. The number of ether oxygens (including phenoxy) is 2. The molecule has 1 aromatic rings. The van der Waals surface area contributed by atoms with Crippen LogP contribution in [0.4, 0.5) is 0 Å². The number of nitrogens with zero attached hydrogens (tertiary/aromatic N) is 1. The van der Waals surface area contributed by atoms with Gasteiger partial charge in [-0.1, -0.05) is 30.3 Å². The standard InChI is InChI=1S/C18H29N3O2/c1-2-19-18(21-12-9-16-7-4-3-5-8-16)20-11-6-13-23-17-10-14-22-15-17/h3-5,7-8,17H,2,6,9-15H2,1H3,(H2,19,20,21). The van der Waals surface area contributed by atoms with Crippen molar-refractivity contribution < 1.29 is 9.47 Å². The van der Waals surface area contributed by atoms with Crippen molar-refractivity contribution in [2.24, 2.45) is 4.99 Å². The van der Waals surface area contributed by atoms with Crippen LogP contribution in [-0.2, 0) is 15.9 Å². The molecule has 2 N–H and O–H groups in total. The summed E-state index contributed by atoms with van der Waals surface area (Å²) in [6.07, 6.45) is 3.24. The monoisotopic (exact) mass is 319 g/mol. The third-order valence-electron chi connectivity index (χ3n) is 3.71. The highest BCUT2D eigenvalue weighted by Crippen LogP contribution is 2.08. The Morgan fingerprint density at radius 1 is 1.30 bits per heavy atom. The molecule has 0 bridgehead atoms. The number of hydrogen-bond donors (Lipinski definition) is 2. The number of nitrogens with one attached hydrogen (secondary N) is 2. The van der Waals surface area contributed by atoms with Crippen molar-refractivity contribution in [3.8, 4) is 0 Å². The maximum Gasteiger partial charge on any atom is 0.191 e.